The molecule has 2 aromatic heterocycles. The fourth-order valence-corrected chi connectivity index (χ4v) is 3.56. The van der Waals surface area contributed by atoms with Crippen LogP contribution in [0.25, 0.3) is 10.4 Å². The number of carbonyl (C=O) groups excluding carboxylic acids is 1. The fraction of sp³-hybridized carbons (Fsp3) is 0.125. The summed E-state index contributed by atoms with van der Waals surface area (Å²) >= 11 is 3.67. The summed E-state index contributed by atoms with van der Waals surface area (Å²) < 4.78 is 6.31. The van der Waals surface area contributed by atoms with Gasteiger partial charge in [0.1, 0.15) is 5.76 Å². The second-order valence-electron chi connectivity index (χ2n) is 4.82. The highest BCUT2D eigenvalue weighted by Gasteiger charge is 2.16. The molecule has 112 valence electrons. The highest BCUT2D eigenvalue weighted by atomic mass is 127. The number of nitrogens with zero attached hydrogens (tertiary/aromatic N) is 1. The molecule has 1 N–H and O–H groups in total. The van der Waals surface area contributed by atoms with Gasteiger partial charge in [-0.1, -0.05) is 5.16 Å². The van der Waals surface area contributed by atoms with Gasteiger partial charge >= 0.3 is 0 Å². The van der Waals surface area contributed by atoms with Crippen LogP contribution in [0.1, 0.15) is 21.1 Å². The molecule has 0 aliphatic heterocycles. The number of halogens is 1. The van der Waals surface area contributed by atoms with Crippen LogP contribution in [-0.2, 0) is 0 Å². The molecule has 0 radical (unpaired) electrons. The molecule has 0 saturated heterocycles. The number of carbonyl (C=O) groups is 1. The van der Waals surface area contributed by atoms with E-state index < -0.39 is 0 Å². The van der Waals surface area contributed by atoms with Crippen LogP contribution in [0.15, 0.2) is 40.9 Å². The van der Waals surface area contributed by atoms with Crippen molar-refractivity contribution in [2.45, 2.75) is 13.8 Å². The minimum absolute atomic E-state index is 0.107. The zero-order valence-corrected chi connectivity index (χ0v) is 15.0. The van der Waals surface area contributed by atoms with Crippen molar-refractivity contribution in [2.75, 3.05) is 5.32 Å². The maximum Gasteiger partial charge on any atom is 0.265 e. The first-order chi connectivity index (χ1) is 10.5. The van der Waals surface area contributed by atoms with Gasteiger partial charge in [-0.05, 0) is 72.8 Å². The van der Waals surface area contributed by atoms with E-state index in [9.17, 15) is 4.79 Å². The molecule has 3 aromatic rings. The Hall–Kier alpha value is -1.67. The number of hydrogen-bond acceptors (Lipinski definition) is 4. The molecule has 6 heteroatoms. The van der Waals surface area contributed by atoms with Gasteiger partial charge in [-0.2, -0.15) is 0 Å². The van der Waals surface area contributed by atoms with Crippen molar-refractivity contribution >= 4 is 45.5 Å². The quantitative estimate of drug-likeness (QED) is 0.610. The van der Waals surface area contributed by atoms with E-state index in [1.165, 1.54) is 11.3 Å². The van der Waals surface area contributed by atoms with E-state index >= 15 is 0 Å². The Kier molecular flexibility index (Phi) is 4.30. The summed E-state index contributed by atoms with van der Waals surface area (Å²) in [4.78, 5) is 14.0. The number of amides is 1. The average molecular weight is 424 g/mol. The molecule has 0 saturated carbocycles. The number of rotatable bonds is 3. The molecule has 0 fully saturated rings. The summed E-state index contributed by atoms with van der Waals surface area (Å²) in [5, 5.41) is 6.86. The van der Waals surface area contributed by atoms with Gasteiger partial charge in [0.15, 0.2) is 0 Å². The first-order valence-corrected chi connectivity index (χ1v) is 8.54. The van der Waals surface area contributed by atoms with Gasteiger partial charge < -0.3 is 9.84 Å². The van der Waals surface area contributed by atoms with Crippen molar-refractivity contribution in [2.24, 2.45) is 0 Å². The number of anilines is 1. The van der Waals surface area contributed by atoms with Crippen molar-refractivity contribution < 1.29 is 9.32 Å². The number of thiophene rings is 1. The molecule has 0 bridgehead atoms. The van der Waals surface area contributed by atoms with Crippen LogP contribution in [-0.4, -0.2) is 11.1 Å². The molecule has 22 heavy (non-hydrogen) atoms. The molecule has 0 unspecified atom stereocenters. The smallest absolute Gasteiger partial charge is 0.265 e. The molecule has 0 atom stereocenters. The Bertz CT molecular complexity index is 802. The lowest BCUT2D eigenvalue weighted by atomic mass is 10.2. The highest BCUT2D eigenvalue weighted by Crippen LogP contribution is 2.33. The Morgan fingerprint density at radius 1 is 1.18 bits per heavy atom. The monoisotopic (exact) mass is 424 g/mol. The normalized spacial score (nSPS) is 10.7. The molecule has 0 aliphatic carbocycles. The summed E-state index contributed by atoms with van der Waals surface area (Å²) in [6, 6.07) is 11.5. The molecule has 4 nitrogen and oxygen atoms in total. The van der Waals surface area contributed by atoms with Gasteiger partial charge in [0.05, 0.1) is 16.1 Å². The predicted molar refractivity (Wildman–Crippen MR) is 96.4 cm³/mol. The van der Waals surface area contributed by atoms with Crippen molar-refractivity contribution in [1.82, 2.24) is 5.16 Å². The summed E-state index contributed by atoms with van der Waals surface area (Å²) in [7, 11) is 0. The average Bonchev–Trinajstić information content (AvgIpc) is 3.08. The Labute approximate surface area is 145 Å². The molecule has 1 aromatic carbocycles. The largest absolute Gasteiger partial charge is 0.361 e. The topological polar surface area (TPSA) is 55.1 Å². The third-order valence-corrected chi connectivity index (χ3v) is 5.03. The van der Waals surface area contributed by atoms with Crippen LogP contribution in [0, 0.1) is 17.4 Å². The van der Waals surface area contributed by atoms with Crippen LogP contribution in [0.5, 0.6) is 0 Å². The van der Waals surface area contributed by atoms with Crippen LogP contribution in [0.4, 0.5) is 5.69 Å². The lowest BCUT2D eigenvalue weighted by Crippen LogP contribution is -2.09. The highest BCUT2D eigenvalue weighted by molar-refractivity contribution is 14.1. The summed E-state index contributed by atoms with van der Waals surface area (Å²) in [5.41, 5.74) is 2.60. The second-order valence-corrected chi connectivity index (χ2v) is 7.15. The lowest BCUT2D eigenvalue weighted by molar-refractivity contribution is 0.103. The number of aromatic nitrogens is 1. The molecule has 3 rings (SSSR count). The Morgan fingerprint density at radius 3 is 2.55 bits per heavy atom. The van der Waals surface area contributed by atoms with Crippen LogP contribution in [0.2, 0.25) is 0 Å². The van der Waals surface area contributed by atoms with Gasteiger partial charge in [-0.15, -0.1) is 11.3 Å². The van der Waals surface area contributed by atoms with E-state index in [4.69, 9.17) is 4.52 Å². The molecular formula is C16H13IN2O2S. The maximum absolute atomic E-state index is 12.3. The molecule has 0 spiro atoms. The van der Waals surface area contributed by atoms with Gasteiger partial charge in [-0.3, -0.25) is 4.79 Å². The summed E-state index contributed by atoms with van der Waals surface area (Å²) in [6.45, 7) is 3.78. The van der Waals surface area contributed by atoms with Crippen LogP contribution < -0.4 is 5.32 Å². The van der Waals surface area contributed by atoms with E-state index in [1.807, 2.05) is 50.2 Å². The molecule has 1 amide bonds. The van der Waals surface area contributed by atoms with E-state index in [-0.39, 0.29) is 5.91 Å². The maximum atomic E-state index is 12.3. The Balaban J connectivity index is 1.81. The first kappa shape index (κ1) is 15.2. The van der Waals surface area contributed by atoms with Gasteiger partial charge in [0.25, 0.3) is 5.91 Å². The zero-order valence-electron chi connectivity index (χ0n) is 12.0. The number of hydrogen-bond donors (Lipinski definition) is 1. The lowest BCUT2D eigenvalue weighted by Gasteiger charge is -2.03. The predicted octanol–water partition coefficient (Wildman–Crippen LogP) is 4.88. The third kappa shape index (κ3) is 3.07. The van der Waals surface area contributed by atoms with E-state index in [0.29, 0.717) is 4.88 Å². The van der Waals surface area contributed by atoms with Gasteiger partial charge in [0, 0.05) is 14.1 Å². The van der Waals surface area contributed by atoms with Crippen LogP contribution in [0.3, 0.4) is 0 Å². The molecular weight excluding hydrogens is 411 g/mol. The minimum Gasteiger partial charge on any atom is -0.361 e. The van der Waals surface area contributed by atoms with Crippen LogP contribution >= 0.6 is 33.9 Å². The van der Waals surface area contributed by atoms with Crippen molar-refractivity contribution in [3.8, 4) is 10.4 Å². The van der Waals surface area contributed by atoms with Gasteiger partial charge in [0.2, 0.25) is 0 Å². The van der Waals surface area contributed by atoms with Crippen molar-refractivity contribution in [1.29, 1.82) is 0 Å². The summed E-state index contributed by atoms with van der Waals surface area (Å²) in [6.07, 6.45) is 0. The standard InChI is InChI=1S/C16H13IN2O2S/c1-9-15(10(2)21-19-9)13-7-8-14(22-13)16(20)18-12-5-3-11(17)4-6-12/h3-8H,1-2H3,(H,18,20). The van der Waals surface area contributed by atoms with Crippen molar-refractivity contribution in [3.63, 3.8) is 0 Å². The minimum atomic E-state index is -0.107. The first-order valence-electron chi connectivity index (χ1n) is 6.64. The number of benzene rings is 1. The van der Waals surface area contributed by atoms with E-state index in [1.54, 1.807) is 0 Å². The van der Waals surface area contributed by atoms with Gasteiger partial charge in [-0.25, -0.2) is 0 Å². The molecule has 2 heterocycles. The summed E-state index contributed by atoms with van der Waals surface area (Å²) in [5.74, 6) is 0.660. The zero-order chi connectivity index (χ0) is 15.7. The number of nitrogens with one attached hydrogen (secondary N) is 1. The van der Waals surface area contributed by atoms with Crippen molar-refractivity contribution in [3.05, 3.63) is 56.3 Å². The third-order valence-electron chi connectivity index (χ3n) is 3.21. The second kappa shape index (κ2) is 6.21. The SMILES string of the molecule is Cc1noc(C)c1-c1ccc(C(=O)Nc2ccc(I)cc2)s1. The Morgan fingerprint density at radius 2 is 1.91 bits per heavy atom. The fourth-order valence-electron chi connectivity index (χ4n) is 2.15. The number of aryl methyl sites for hydroxylation is 2. The van der Waals surface area contributed by atoms with E-state index in [2.05, 4.69) is 33.1 Å². The van der Waals surface area contributed by atoms with E-state index in [0.717, 1.165) is 31.2 Å². The molecule has 0 aliphatic rings.